The first-order valence-corrected chi connectivity index (χ1v) is 12.7. The van der Waals surface area contributed by atoms with Crippen molar-refractivity contribution in [2.24, 2.45) is 5.73 Å². The number of benzene rings is 2. The average Bonchev–Trinajstić information content (AvgIpc) is 3.33. The van der Waals surface area contributed by atoms with Crippen LogP contribution in [0.5, 0.6) is 5.75 Å². The van der Waals surface area contributed by atoms with Crippen LogP contribution in [-0.4, -0.2) is 80.5 Å². The Bertz CT molecular complexity index is 1310. The highest BCUT2D eigenvalue weighted by atomic mass is 32.1. The van der Waals surface area contributed by atoms with Crippen molar-refractivity contribution in [3.63, 3.8) is 0 Å². The molecule has 0 saturated carbocycles. The number of aromatic nitrogens is 1. The molecule has 2 aromatic carbocycles. The molecule has 0 radical (unpaired) electrons. The van der Waals surface area contributed by atoms with Crippen LogP contribution >= 0.6 is 12.6 Å². The summed E-state index contributed by atoms with van der Waals surface area (Å²) in [6.45, 7) is -0.823. The monoisotopic (exact) mass is 557 g/mol. The zero-order chi connectivity index (χ0) is 28.5. The van der Waals surface area contributed by atoms with Crippen molar-refractivity contribution in [3.05, 3.63) is 65.9 Å². The lowest BCUT2D eigenvalue weighted by Crippen LogP contribution is -2.58. The molecule has 208 valence electrons. The first-order chi connectivity index (χ1) is 18.6. The van der Waals surface area contributed by atoms with E-state index in [0.717, 1.165) is 16.5 Å². The number of carboxylic acids is 1. The largest absolute Gasteiger partial charge is 0.508 e. The number of phenolic OH excluding ortho intramolecular Hbond substituents is 1. The summed E-state index contributed by atoms with van der Waals surface area (Å²) in [4.78, 5) is 53.1. The number of carbonyl (C=O) groups is 4. The fourth-order valence-electron chi connectivity index (χ4n) is 3.91. The molecule has 3 amide bonds. The number of thiol groups is 1. The summed E-state index contributed by atoms with van der Waals surface area (Å²) in [5, 5.41) is 36.5. The lowest BCUT2D eigenvalue weighted by Gasteiger charge is -2.24. The minimum absolute atomic E-state index is 0.0127. The van der Waals surface area contributed by atoms with E-state index >= 15 is 0 Å². The van der Waals surface area contributed by atoms with Crippen LogP contribution in [-0.2, 0) is 32.0 Å². The van der Waals surface area contributed by atoms with Gasteiger partial charge in [-0.25, -0.2) is 4.79 Å². The van der Waals surface area contributed by atoms with E-state index in [9.17, 15) is 29.4 Å². The topological polar surface area (TPSA) is 207 Å². The van der Waals surface area contributed by atoms with Crippen molar-refractivity contribution in [1.29, 1.82) is 0 Å². The number of nitrogens with two attached hydrogens (primary N) is 1. The molecule has 3 rings (SSSR count). The number of aromatic hydroxyl groups is 1. The Morgan fingerprint density at radius 3 is 2.13 bits per heavy atom. The normalized spacial score (nSPS) is 14.1. The summed E-state index contributed by atoms with van der Waals surface area (Å²) in [7, 11) is 0. The maximum atomic E-state index is 13.2. The van der Waals surface area contributed by atoms with Crippen molar-refractivity contribution in [2.75, 3.05) is 12.4 Å². The van der Waals surface area contributed by atoms with Crippen LogP contribution in [0, 0.1) is 0 Å². The van der Waals surface area contributed by atoms with Crippen LogP contribution < -0.4 is 21.7 Å². The van der Waals surface area contributed by atoms with Gasteiger partial charge < -0.3 is 42.0 Å². The van der Waals surface area contributed by atoms with E-state index in [2.05, 4.69) is 33.6 Å². The van der Waals surface area contributed by atoms with Crippen molar-refractivity contribution < 1.29 is 34.5 Å². The van der Waals surface area contributed by atoms with E-state index in [1.54, 1.807) is 18.3 Å². The van der Waals surface area contributed by atoms with Crippen molar-refractivity contribution in [3.8, 4) is 5.75 Å². The molecule has 3 aromatic rings. The fourth-order valence-corrected chi connectivity index (χ4v) is 4.16. The molecule has 0 aliphatic heterocycles. The van der Waals surface area contributed by atoms with Gasteiger partial charge >= 0.3 is 5.97 Å². The molecular weight excluding hydrogens is 526 g/mol. The van der Waals surface area contributed by atoms with Gasteiger partial charge in [-0.2, -0.15) is 12.6 Å². The van der Waals surface area contributed by atoms with Crippen LogP contribution in [0.3, 0.4) is 0 Å². The number of rotatable bonds is 13. The van der Waals surface area contributed by atoms with Gasteiger partial charge in [0.1, 0.15) is 23.9 Å². The van der Waals surface area contributed by atoms with Gasteiger partial charge in [-0.05, 0) is 35.7 Å². The summed E-state index contributed by atoms with van der Waals surface area (Å²) in [5.41, 5.74) is 8.48. The summed E-state index contributed by atoms with van der Waals surface area (Å²) in [6.07, 6.45) is 1.93. The molecule has 4 unspecified atom stereocenters. The van der Waals surface area contributed by atoms with Gasteiger partial charge in [0.25, 0.3) is 0 Å². The Labute approximate surface area is 229 Å². The lowest BCUT2D eigenvalue weighted by molar-refractivity contribution is -0.142. The smallest absolute Gasteiger partial charge is 0.327 e. The third kappa shape index (κ3) is 7.96. The second-order valence-electron chi connectivity index (χ2n) is 8.93. The predicted molar refractivity (Wildman–Crippen MR) is 146 cm³/mol. The predicted octanol–water partition coefficient (Wildman–Crippen LogP) is -0.553. The number of aromatic amines is 1. The maximum Gasteiger partial charge on any atom is 0.327 e. The third-order valence-corrected chi connectivity index (χ3v) is 6.44. The van der Waals surface area contributed by atoms with E-state index in [0.29, 0.717) is 5.56 Å². The standard InChI is InChI=1S/C26H31N5O7S/c27-18(10-15-11-28-19-4-2-1-3-17(15)19)23(34)29-20(9-14-5-7-16(33)8-6-14)24(35)30-21(12-32)25(36)31-22(13-39)26(37)38/h1-8,11,18,20-22,28,32-33,39H,9-10,12-13,27H2,(H,29,34)(H,30,35)(H,31,36)(H,37,38). The minimum atomic E-state index is -1.49. The molecule has 9 N–H and O–H groups in total. The van der Waals surface area contributed by atoms with E-state index in [1.807, 2.05) is 24.3 Å². The molecule has 0 spiro atoms. The average molecular weight is 558 g/mol. The number of hydrogen-bond donors (Lipinski definition) is 9. The van der Waals surface area contributed by atoms with Crippen molar-refractivity contribution >= 4 is 47.2 Å². The van der Waals surface area contributed by atoms with E-state index in [1.165, 1.54) is 12.1 Å². The number of H-pyrrole nitrogens is 1. The number of phenols is 1. The van der Waals surface area contributed by atoms with Crippen LogP contribution in [0.4, 0.5) is 0 Å². The van der Waals surface area contributed by atoms with Gasteiger partial charge in [0.2, 0.25) is 17.7 Å². The summed E-state index contributed by atoms with van der Waals surface area (Å²) < 4.78 is 0. The molecule has 1 aromatic heterocycles. The van der Waals surface area contributed by atoms with Crippen LogP contribution in [0.25, 0.3) is 10.9 Å². The summed E-state index contributed by atoms with van der Waals surface area (Å²) >= 11 is 3.88. The van der Waals surface area contributed by atoms with Gasteiger partial charge in [-0.15, -0.1) is 0 Å². The Morgan fingerprint density at radius 1 is 0.872 bits per heavy atom. The van der Waals surface area contributed by atoms with Crippen LogP contribution in [0.2, 0.25) is 0 Å². The first-order valence-electron chi connectivity index (χ1n) is 12.1. The van der Waals surface area contributed by atoms with E-state index in [4.69, 9.17) is 10.8 Å². The number of aliphatic hydroxyl groups excluding tert-OH is 1. The molecule has 0 aliphatic carbocycles. The fraction of sp³-hybridized carbons (Fsp3) is 0.308. The first kappa shape index (κ1) is 29.5. The number of fused-ring (bicyclic) bond motifs is 1. The second-order valence-corrected chi connectivity index (χ2v) is 9.29. The summed E-state index contributed by atoms with van der Waals surface area (Å²) in [5.74, 6) is -3.88. The Morgan fingerprint density at radius 2 is 1.49 bits per heavy atom. The maximum absolute atomic E-state index is 13.2. The van der Waals surface area contributed by atoms with Crippen LogP contribution in [0.15, 0.2) is 54.7 Å². The SMILES string of the molecule is NC(Cc1c[nH]c2ccccc12)C(=O)NC(Cc1ccc(O)cc1)C(=O)NC(CO)C(=O)NC(CS)C(=O)O. The number of carbonyl (C=O) groups excluding carboxylic acids is 3. The second kappa shape index (κ2) is 13.6. The van der Waals surface area contributed by atoms with Gasteiger partial charge in [0, 0.05) is 29.3 Å². The number of aliphatic carboxylic acids is 1. The Kier molecular flexibility index (Phi) is 10.3. The summed E-state index contributed by atoms with van der Waals surface area (Å²) in [6, 6.07) is 8.46. The number of hydrogen-bond acceptors (Lipinski definition) is 8. The molecule has 13 heteroatoms. The molecule has 0 fully saturated rings. The molecule has 0 bridgehead atoms. The number of amides is 3. The van der Waals surface area contributed by atoms with E-state index < -0.39 is 54.5 Å². The molecule has 1 heterocycles. The van der Waals surface area contributed by atoms with Gasteiger partial charge in [0.15, 0.2) is 0 Å². The number of aliphatic hydroxyl groups is 1. The zero-order valence-corrected chi connectivity index (χ0v) is 21.7. The Hall–Kier alpha value is -4.07. The molecular formula is C26H31N5O7S. The number of nitrogens with one attached hydrogen (secondary N) is 4. The highest BCUT2D eigenvalue weighted by Crippen LogP contribution is 2.19. The molecule has 4 atom stereocenters. The van der Waals surface area contributed by atoms with Crippen LogP contribution in [0.1, 0.15) is 11.1 Å². The molecule has 12 nitrogen and oxygen atoms in total. The van der Waals surface area contributed by atoms with Crippen molar-refractivity contribution in [2.45, 2.75) is 37.0 Å². The quantitative estimate of drug-likeness (QED) is 0.124. The lowest BCUT2D eigenvalue weighted by atomic mass is 10.0. The molecule has 39 heavy (non-hydrogen) atoms. The minimum Gasteiger partial charge on any atom is -0.508 e. The third-order valence-electron chi connectivity index (χ3n) is 6.07. The molecule has 0 saturated heterocycles. The van der Waals surface area contributed by atoms with Gasteiger partial charge in [0.05, 0.1) is 12.6 Å². The highest BCUT2D eigenvalue weighted by molar-refractivity contribution is 7.80. The Balaban J connectivity index is 1.74. The van der Waals surface area contributed by atoms with Gasteiger partial charge in [-0.1, -0.05) is 30.3 Å². The molecule has 0 aliphatic rings. The van der Waals surface area contributed by atoms with Crippen molar-refractivity contribution in [1.82, 2.24) is 20.9 Å². The number of carboxylic acid groups (broad SMARTS) is 1. The van der Waals surface area contributed by atoms with E-state index in [-0.39, 0.29) is 24.3 Å². The number of para-hydroxylation sites is 1. The zero-order valence-electron chi connectivity index (χ0n) is 20.8. The van der Waals surface area contributed by atoms with Gasteiger partial charge in [-0.3, -0.25) is 14.4 Å². The highest BCUT2D eigenvalue weighted by Gasteiger charge is 2.30.